The summed E-state index contributed by atoms with van der Waals surface area (Å²) in [5.74, 6) is 2.71. The molecule has 0 bridgehead atoms. The Balaban J connectivity index is 1.72. The van der Waals surface area contributed by atoms with Gasteiger partial charge in [-0.15, -0.1) is 0 Å². The molecule has 4 heteroatoms. The van der Waals surface area contributed by atoms with Gasteiger partial charge in [0.2, 0.25) is 0 Å². The lowest BCUT2D eigenvalue weighted by molar-refractivity contribution is 0.724. The molecule has 114 valence electrons. The molecule has 4 nitrogen and oxygen atoms in total. The van der Waals surface area contributed by atoms with Gasteiger partial charge in [-0.25, -0.2) is 9.97 Å². The van der Waals surface area contributed by atoms with E-state index >= 15 is 0 Å². The van der Waals surface area contributed by atoms with Gasteiger partial charge in [0.1, 0.15) is 11.6 Å². The first-order valence-electron chi connectivity index (χ1n) is 8.30. The van der Waals surface area contributed by atoms with Gasteiger partial charge in [-0.3, -0.25) is 0 Å². The second-order valence-electron chi connectivity index (χ2n) is 6.20. The second kappa shape index (κ2) is 6.05. The maximum Gasteiger partial charge on any atom is 0.134 e. The molecule has 1 saturated heterocycles. The second-order valence-corrected chi connectivity index (χ2v) is 6.20. The summed E-state index contributed by atoms with van der Waals surface area (Å²) in [4.78, 5) is 12.1. The summed E-state index contributed by atoms with van der Waals surface area (Å²) in [6, 6.07) is 12.6. The molecule has 1 aliphatic heterocycles. The van der Waals surface area contributed by atoms with Gasteiger partial charge in [0, 0.05) is 37.2 Å². The summed E-state index contributed by atoms with van der Waals surface area (Å²) in [6.45, 7) is 4.23. The minimum atomic E-state index is 0.576. The Bertz CT molecular complexity index is 629. The van der Waals surface area contributed by atoms with E-state index in [0.29, 0.717) is 5.92 Å². The molecule has 1 aromatic heterocycles. The smallest absolute Gasteiger partial charge is 0.134 e. The van der Waals surface area contributed by atoms with E-state index in [-0.39, 0.29) is 0 Å². The molecule has 2 aliphatic rings. The lowest BCUT2D eigenvalue weighted by Gasteiger charge is -2.22. The molecule has 2 fully saturated rings. The average molecular weight is 294 g/mol. The van der Waals surface area contributed by atoms with Crippen molar-refractivity contribution in [3.63, 3.8) is 0 Å². The van der Waals surface area contributed by atoms with E-state index in [9.17, 15) is 0 Å². The maximum atomic E-state index is 4.87. The Labute approximate surface area is 131 Å². The molecule has 0 spiro atoms. The fourth-order valence-electron chi connectivity index (χ4n) is 2.97. The topological polar surface area (TPSA) is 41.0 Å². The lowest BCUT2D eigenvalue weighted by atomic mass is 10.1. The molecule has 1 N–H and O–H groups in total. The van der Waals surface area contributed by atoms with Crippen molar-refractivity contribution >= 4 is 5.82 Å². The van der Waals surface area contributed by atoms with Crippen LogP contribution < -0.4 is 10.2 Å². The molecular formula is C18H22N4. The van der Waals surface area contributed by atoms with Crippen molar-refractivity contribution < 1.29 is 0 Å². The summed E-state index contributed by atoms with van der Waals surface area (Å²) in [7, 11) is 0. The van der Waals surface area contributed by atoms with Crippen molar-refractivity contribution in [2.24, 2.45) is 0 Å². The van der Waals surface area contributed by atoms with Crippen molar-refractivity contribution in [3.05, 3.63) is 42.2 Å². The first-order valence-corrected chi connectivity index (χ1v) is 8.30. The highest BCUT2D eigenvalue weighted by atomic mass is 15.2. The zero-order chi connectivity index (χ0) is 14.8. The minimum absolute atomic E-state index is 0.576. The summed E-state index contributed by atoms with van der Waals surface area (Å²) < 4.78 is 0. The molecule has 1 aromatic carbocycles. The van der Waals surface area contributed by atoms with Crippen LogP contribution in [-0.2, 0) is 0 Å². The first kappa shape index (κ1) is 13.7. The maximum absolute atomic E-state index is 4.87. The van der Waals surface area contributed by atoms with E-state index in [1.54, 1.807) is 0 Å². The van der Waals surface area contributed by atoms with Crippen molar-refractivity contribution in [3.8, 4) is 11.3 Å². The Morgan fingerprint density at radius 1 is 1.00 bits per heavy atom. The monoisotopic (exact) mass is 294 g/mol. The molecule has 0 atom stereocenters. The quantitative estimate of drug-likeness (QED) is 0.945. The van der Waals surface area contributed by atoms with Gasteiger partial charge in [0.15, 0.2) is 0 Å². The van der Waals surface area contributed by atoms with E-state index in [0.717, 1.165) is 43.5 Å². The number of hydrogen-bond acceptors (Lipinski definition) is 4. The first-order chi connectivity index (χ1) is 10.9. The molecule has 0 unspecified atom stereocenters. The summed E-state index contributed by atoms with van der Waals surface area (Å²) in [6.07, 6.45) is 3.64. The number of hydrogen-bond donors (Lipinski definition) is 1. The van der Waals surface area contributed by atoms with Crippen LogP contribution in [0.15, 0.2) is 36.4 Å². The number of anilines is 1. The van der Waals surface area contributed by atoms with E-state index < -0.39 is 0 Å². The van der Waals surface area contributed by atoms with E-state index in [4.69, 9.17) is 9.97 Å². The Morgan fingerprint density at radius 3 is 2.68 bits per heavy atom. The normalized spacial score (nSPS) is 19.0. The van der Waals surface area contributed by atoms with Gasteiger partial charge < -0.3 is 10.2 Å². The Kier molecular flexibility index (Phi) is 3.77. The van der Waals surface area contributed by atoms with Gasteiger partial charge in [0.25, 0.3) is 0 Å². The Morgan fingerprint density at radius 2 is 1.86 bits per heavy atom. The van der Waals surface area contributed by atoms with Crippen molar-refractivity contribution in [1.82, 2.24) is 15.3 Å². The molecule has 2 aromatic rings. The number of nitrogens with zero attached hydrogens (tertiary/aromatic N) is 3. The van der Waals surface area contributed by atoms with Crippen LogP contribution >= 0.6 is 0 Å². The summed E-state index contributed by atoms with van der Waals surface area (Å²) in [5, 5.41) is 3.46. The van der Waals surface area contributed by atoms with Crippen LogP contribution in [0, 0.1) is 0 Å². The predicted molar refractivity (Wildman–Crippen MR) is 89.1 cm³/mol. The highest BCUT2D eigenvalue weighted by molar-refractivity contribution is 5.63. The van der Waals surface area contributed by atoms with Gasteiger partial charge in [-0.1, -0.05) is 30.3 Å². The third-order valence-electron chi connectivity index (χ3n) is 4.41. The third-order valence-corrected chi connectivity index (χ3v) is 4.41. The standard InChI is InChI=1S/C18H22N4/c1-2-5-14(6-3-1)16-13-17(21-18(20-16)15-7-8-15)22-11-4-9-19-10-12-22/h1-3,5-6,13,15,19H,4,7-12H2. The lowest BCUT2D eigenvalue weighted by Crippen LogP contribution is -2.29. The van der Waals surface area contributed by atoms with Crippen molar-refractivity contribution in [2.75, 3.05) is 31.1 Å². The zero-order valence-corrected chi connectivity index (χ0v) is 12.8. The largest absolute Gasteiger partial charge is 0.355 e. The van der Waals surface area contributed by atoms with E-state index in [1.807, 2.05) is 6.07 Å². The van der Waals surface area contributed by atoms with Gasteiger partial charge >= 0.3 is 0 Å². The van der Waals surface area contributed by atoms with Gasteiger partial charge in [-0.05, 0) is 25.8 Å². The number of benzene rings is 1. The highest BCUT2D eigenvalue weighted by Crippen LogP contribution is 2.39. The van der Waals surface area contributed by atoms with Crippen LogP contribution in [0.25, 0.3) is 11.3 Å². The van der Waals surface area contributed by atoms with Crippen LogP contribution in [0.2, 0.25) is 0 Å². The molecule has 22 heavy (non-hydrogen) atoms. The van der Waals surface area contributed by atoms with Crippen LogP contribution in [-0.4, -0.2) is 36.1 Å². The summed E-state index contributed by atoms with van der Waals surface area (Å²) in [5.41, 5.74) is 2.24. The molecule has 2 heterocycles. The molecule has 1 aliphatic carbocycles. The molecule has 0 radical (unpaired) electrons. The zero-order valence-electron chi connectivity index (χ0n) is 12.8. The SMILES string of the molecule is c1ccc(-c2cc(N3CCCNCC3)nc(C3CC3)n2)cc1. The number of nitrogens with one attached hydrogen (secondary N) is 1. The molecular weight excluding hydrogens is 272 g/mol. The minimum Gasteiger partial charge on any atom is -0.355 e. The number of aromatic nitrogens is 2. The highest BCUT2D eigenvalue weighted by Gasteiger charge is 2.28. The van der Waals surface area contributed by atoms with Crippen LogP contribution in [0.1, 0.15) is 31.0 Å². The predicted octanol–water partition coefficient (Wildman–Crippen LogP) is 2.82. The fourth-order valence-corrected chi connectivity index (χ4v) is 2.97. The summed E-state index contributed by atoms with van der Waals surface area (Å²) >= 11 is 0. The Hall–Kier alpha value is -1.94. The van der Waals surface area contributed by atoms with Gasteiger partial charge in [-0.2, -0.15) is 0 Å². The van der Waals surface area contributed by atoms with E-state index in [1.165, 1.54) is 24.8 Å². The molecule has 4 rings (SSSR count). The number of rotatable bonds is 3. The van der Waals surface area contributed by atoms with Crippen LogP contribution in [0.4, 0.5) is 5.82 Å². The molecule has 0 amide bonds. The average Bonchev–Trinajstić information content (AvgIpc) is 3.42. The molecule has 1 saturated carbocycles. The van der Waals surface area contributed by atoms with E-state index in [2.05, 4.69) is 40.5 Å². The fraction of sp³-hybridized carbons (Fsp3) is 0.444. The van der Waals surface area contributed by atoms with Crippen molar-refractivity contribution in [2.45, 2.75) is 25.2 Å². The van der Waals surface area contributed by atoms with Gasteiger partial charge in [0.05, 0.1) is 5.69 Å². The van der Waals surface area contributed by atoms with Crippen molar-refractivity contribution in [1.29, 1.82) is 0 Å². The third kappa shape index (κ3) is 2.97. The van der Waals surface area contributed by atoms with Crippen LogP contribution in [0.5, 0.6) is 0 Å². The van der Waals surface area contributed by atoms with Crippen LogP contribution in [0.3, 0.4) is 0 Å².